The fourth-order valence-corrected chi connectivity index (χ4v) is 7.38. The van der Waals surface area contributed by atoms with E-state index in [1.165, 1.54) is 60.9 Å². The lowest BCUT2D eigenvalue weighted by molar-refractivity contribution is -0.136. The van der Waals surface area contributed by atoms with Gasteiger partial charge in [0, 0.05) is 66.3 Å². The maximum Gasteiger partial charge on any atom is 0.338 e. The van der Waals surface area contributed by atoms with Gasteiger partial charge in [-0.1, -0.05) is 29.8 Å². The number of nitrogens with one attached hydrogen (secondary N) is 1. The number of thiazole rings is 1. The molecule has 1 unspecified atom stereocenters. The van der Waals surface area contributed by atoms with Gasteiger partial charge >= 0.3 is 18.0 Å². The molecular formula is C35H29ClF2N6O5S. The largest absolute Gasteiger partial charge is 0.478 e. The topological polar surface area (TPSA) is 128 Å². The number of nitrogens with zero attached hydrogens (tertiary/aromatic N) is 5. The predicted molar refractivity (Wildman–Crippen MR) is 183 cm³/mol. The molecule has 3 aromatic carbocycles. The molecule has 0 radical (unpaired) electrons. The van der Waals surface area contributed by atoms with E-state index in [0.717, 1.165) is 0 Å². The van der Waals surface area contributed by atoms with Gasteiger partial charge in [0.15, 0.2) is 10.8 Å². The molecular weight excluding hydrogens is 690 g/mol. The molecule has 1 aromatic heterocycles. The number of aromatic carboxylic acids is 1. The number of hydrogen-bond acceptors (Lipinski definition) is 9. The number of halogens is 3. The Balaban J connectivity index is 1.15. The SMILES string of the molecule is COC(=O)C1=C(CN2CCN3C(=O)N(c4cc(F)cc(-c5ccc(C(=O)O)cc5)c4)C[C@@H]3C2)NC(c2nccs2)=NC1c1ccc(F)cc1Cl. The smallest absolute Gasteiger partial charge is 0.338 e. The first-order valence-electron chi connectivity index (χ1n) is 15.6. The number of benzene rings is 3. The van der Waals surface area contributed by atoms with Gasteiger partial charge in [0.1, 0.15) is 17.7 Å². The molecule has 0 spiro atoms. The minimum atomic E-state index is -1.06. The van der Waals surface area contributed by atoms with Gasteiger partial charge in [-0.25, -0.2) is 28.1 Å². The molecule has 0 bridgehead atoms. The van der Waals surface area contributed by atoms with Gasteiger partial charge in [-0.05, 0) is 53.6 Å². The molecule has 2 saturated heterocycles. The Labute approximate surface area is 294 Å². The van der Waals surface area contributed by atoms with Crippen molar-refractivity contribution in [2.24, 2.45) is 4.99 Å². The molecule has 50 heavy (non-hydrogen) atoms. The molecule has 2 N–H and O–H groups in total. The Morgan fingerprint density at radius 1 is 1.04 bits per heavy atom. The Bertz CT molecular complexity index is 2060. The molecule has 2 fully saturated rings. The van der Waals surface area contributed by atoms with Crippen LogP contribution in [0, 0.1) is 11.6 Å². The van der Waals surface area contributed by atoms with Gasteiger partial charge in [-0.3, -0.25) is 14.8 Å². The summed E-state index contributed by atoms with van der Waals surface area (Å²) in [6.07, 6.45) is 1.64. The number of carbonyl (C=O) groups is 3. The van der Waals surface area contributed by atoms with Crippen LogP contribution in [-0.2, 0) is 9.53 Å². The first-order chi connectivity index (χ1) is 24.1. The van der Waals surface area contributed by atoms with Crippen LogP contribution in [0.5, 0.6) is 0 Å². The highest BCUT2D eigenvalue weighted by Gasteiger charge is 2.42. The van der Waals surface area contributed by atoms with Crippen LogP contribution in [0.3, 0.4) is 0 Å². The highest BCUT2D eigenvalue weighted by Crippen LogP contribution is 2.37. The molecule has 256 valence electrons. The van der Waals surface area contributed by atoms with Crippen molar-refractivity contribution >= 4 is 52.4 Å². The molecule has 0 aliphatic carbocycles. The normalized spacial score (nSPS) is 19.3. The van der Waals surface area contributed by atoms with E-state index in [1.54, 1.807) is 39.6 Å². The van der Waals surface area contributed by atoms with Gasteiger partial charge in [0.2, 0.25) is 0 Å². The number of aromatic nitrogens is 1. The Morgan fingerprint density at radius 2 is 1.84 bits per heavy atom. The third-order valence-corrected chi connectivity index (χ3v) is 10.0. The van der Waals surface area contributed by atoms with Gasteiger partial charge in [-0.15, -0.1) is 11.3 Å². The number of anilines is 1. The van der Waals surface area contributed by atoms with E-state index in [4.69, 9.17) is 21.3 Å². The summed E-state index contributed by atoms with van der Waals surface area (Å²) in [4.78, 5) is 52.8. The average Bonchev–Trinajstić information content (AvgIpc) is 3.76. The highest BCUT2D eigenvalue weighted by atomic mass is 35.5. The van der Waals surface area contributed by atoms with Crippen molar-refractivity contribution in [3.05, 3.63) is 116 Å². The number of esters is 1. The number of fused-ring (bicyclic) bond motifs is 1. The van der Waals surface area contributed by atoms with Crippen LogP contribution >= 0.6 is 22.9 Å². The first kappa shape index (κ1) is 33.3. The predicted octanol–water partition coefficient (Wildman–Crippen LogP) is 5.58. The highest BCUT2D eigenvalue weighted by molar-refractivity contribution is 7.11. The lowest BCUT2D eigenvalue weighted by Crippen LogP contribution is -2.53. The first-order valence-corrected chi connectivity index (χ1v) is 16.8. The summed E-state index contributed by atoms with van der Waals surface area (Å²) in [5, 5.41) is 15.0. The molecule has 0 saturated carbocycles. The zero-order valence-corrected chi connectivity index (χ0v) is 28.0. The molecule has 7 rings (SSSR count). The molecule has 2 atom stereocenters. The Hall–Kier alpha value is -5.18. The number of urea groups is 1. The zero-order chi connectivity index (χ0) is 35.1. The van der Waals surface area contributed by atoms with Crippen LogP contribution < -0.4 is 10.2 Å². The van der Waals surface area contributed by atoms with E-state index < -0.39 is 29.6 Å². The van der Waals surface area contributed by atoms with Crippen molar-refractivity contribution in [3.63, 3.8) is 0 Å². The molecule has 11 nitrogen and oxygen atoms in total. The maximum atomic E-state index is 14.9. The minimum absolute atomic E-state index is 0.107. The Kier molecular flexibility index (Phi) is 9.07. The van der Waals surface area contributed by atoms with Crippen molar-refractivity contribution in [2.45, 2.75) is 12.1 Å². The van der Waals surface area contributed by atoms with Crippen LogP contribution in [0.4, 0.5) is 19.3 Å². The zero-order valence-electron chi connectivity index (χ0n) is 26.5. The number of hydrogen-bond donors (Lipinski definition) is 2. The number of carbonyl (C=O) groups excluding carboxylic acids is 2. The second-order valence-electron chi connectivity index (χ2n) is 11.9. The summed E-state index contributed by atoms with van der Waals surface area (Å²) in [7, 11) is 1.27. The van der Waals surface area contributed by atoms with E-state index in [9.17, 15) is 28.3 Å². The fraction of sp³-hybridized carbons (Fsp3) is 0.229. The van der Waals surface area contributed by atoms with Gasteiger partial charge in [-0.2, -0.15) is 0 Å². The molecule has 4 aromatic rings. The summed E-state index contributed by atoms with van der Waals surface area (Å²) in [5.41, 5.74) is 2.78. The molecule has 3 aliphatic rings. The summed E-state index contributed by atoms with van der Waals surface area (Å²) < 4.78 is 34.1. The Morgan fingerprint density at radius 3 is 2.54 bits per heavy atom. The quantitative estimate of drug-likeness (QED) is 0.226. The van der Waals surface area contributed by atoms with Crippen molar-refractivity contribution in [1.82, 2.24) is 20.1 Å². The van der Waals surface area contributed by atoms with Crippen molar-refractivity contribution in [3.8, 4) is 11.1 Å². The number of ether oxygens (including phenoxy) is 1. The van der Waals surface area contributed by atoms with E-state index in [1.807, 2.05) is 0 Å². The standard InChI is InChI=1S/C35H29ClF2N6O5S/c1-49-34(47)29-28(40-31(32-39-8-11-50-32)41-30(29)26-7-6-22(37)15-27(26)36)18-42-9-10-43-25(16-42)17-44(35(43)48)24-13-21(12-23(38)14-24)19-2-4-20(5-3-19)33(45)46/h2-8,11-15,25,30H,9-10,16-18H2,1H3,(H,40,41)(H,45,46)/t25-,30?/m0/s1. The maximum absolute atomic E-state index is 14.9. The van der Waals surface area contributed by atoms with E-state index in [0.29, 0.717) is 65.1 Å². The molecule has 15 heteroatoms. The number of amides is 2. The summed E-state index contributed by atoms with van der Waals surface area (Å²) in [6.45, 7) is 1.88. The minimum Gasteiger partial charge on any atom is -0.478 e. The fourth-order valence-electron chi connectivity index (χ4n) is 6.52. The van der Waals surface area contributed by atoms with Crippen LogP contribution in [0.2, 0.25) is 5.02 Å². The van der Waals surface area contributed by atoms with Crippen molar-refractivity contribution < 1.29 is 33.0 Å². The lowest BCUT2D eigenvalue weighted by Gasteiger charge is -2.38. The third kappa shape index (κ3) is 6.44. The van der Waals surface area contributed by atoms with Gasteiger partial charge in [0.25, 0.3) is 0 Å². The van der Waals surface area contributed by atoms with Crippen LogP contribution in [0.15, 0.2) is 88.5 Å². The number of aliphatic imine (C=N–C) groups is 1. The van der Waals surface area contributed by atoms with Crippen LogP contribution in [0.25, 0.3) is 11.1 Å². The molecule has 4 heterocycles. The number of methoxy groups -OCH3 is 1. The molecule has 2 amide bonds. The van der Waals surface area contributed by atoms with Crippen LogP contribution in [0.1, 0.15) is 27.0 Å². The van der Waals surface area contributed by atoms with Crippen LogP contribution in [-0.4, -0.2) is 89.6 Å². The van der Waals surface area contributed by atoms with E-state index in [-0.39, 0.29) is 34.8 Å². The summed E-state index contributed by atoms with van der Waals surface area (Å²) >= 11 is 7.84. The number of rotatable bonds is 8. The number of carboxylic acid groups (broad SMARTS) is 1. The lowest BCUT2D eigenvalue weighted by atomic mass is 9.95. The monoisotopic (exact) mass is 718 g/mol. The number of carboxylic acids is 1. The number of piperazine rings is 1. The van der Waals surface area contributed by atoms with E-state index >= 15 is 0 Å². The second-order valence-corrected chi connectivity index (χ2v) is 13.3. The van der Waals surface area contributed by atoms with Gasteiger partial charge in [0.05, 0.1) is 24.3 Å². The summed E-state index contributed by atoms with van der Waals surface area (Å²) in [6, 6.07) is 13.0. The van der Waals surface area contributed by atoms with Crippen molar-refractivity contribution in [1.29, 1.82) is 0 Å². The van der Waals surface area contributed by atoms with Gasteiger partial charge < -0.3 is 20.1 Å². The third-order valence-electron chi connectivity index (χ3n) is 8.90. The second kappa shape index (κ2) is 13.6. The van der Waals surface area contributed by atoms with Crippen molar-refractivity contribution in [2.75, 3.05) is 44.7 Å². The van der Waals surface area contributed by atoms with E-state index in [2.05, 4.69) is 15.2 Å². The average molecular weight is 719 g/mol. The number of amidine groups is 1. The molecule has 3 aliphatic heterocycles. The summed E-state index contributed by atoms with van der Waals surface area (Å²) in [5.74, 6) is -2.32.